The van der Waals surface area contributed by atoms with Crippen LogP contribution in [0.5, 0.6) is 0 Å². The van der Waals surface area contributed by atoms with Crippen LogP contribution in [0.2, 0.25) is 0 Å². The van der Waals surface area contributed by atoms with E-state index in [-0.39, 0.29) is 5.91 Å². The molecule has 1 amide bonds. The minimum Gasteiger partial charge on any atom is -0.326 e. The van der Waals surface area contributed by atoms with Crippen LogP contribution in [-0.4, -0.2) is 26.9 Å². The second kappa shape index (κ2) is 5.34. The molecule has 16 heavy (non-hydrogen) atoms. The van der Waals surface area contributed by atoms with E-state index in [9.17, 15) is 4.79 Å². The first-order chi connectivity index (χ1) is 7.81. The number of rotatable bonds is 4. The zero-order valence-corrected chi connectivity index (χ0v) is 10.2. The van der Waals surface area contributed by atoms with Crippen molar-refractivity contribution in [3.8, 4) is 0 Å². The van der Waals surface area contributed by atoms with Crippen LogP contribution in [0.15, 0.2) is 24.5 Å². The van der Waals surface area contributed by atoms with Gasteiger partial charge in [-0.05, 0) is 24.1 Å². The molecule has 1 unspecified atom stereocenters. The molecule has 2 rings (SSSR count). The summed E-state index contributed by atoms with van der Waals surface area (Å²) in [4.78, 5) is 17.7. The quantitative estimate of drug-likeness (QED) is 0.804. The number of hydrogen-bond acceptors (Lipinski definition) is 3. The number of carbonyl (C=O) groups excluding carboxylic acids is 1. The van der Waals surface area contributed by atoms with Crippen LogP contribution in [0, 0.1) is 0 Å². The lowest BCUT2D eigenvalue weighted by atomic mass is 10.2. The standard InChI is InChI=1S/C12H16N2OS/c1-2-3-12-14(11(15)9-16-12)8-10-4-6-13-7-5-10/h4-7,12H,2-3,8-9H2,1H3. The fourth-order valence-corrected chi connectivity index (χ4v) is 3.14. The topological polar surface area (TPSA) is 33.2 Å². The molecule has 0 aliphatic carbocycles. The van der Waals surface area contributed by atoms with E-state index in [1.807, 2.05) is 17.0 Å². The van der Waals surface area contributed by atoms with Gasteiger partial charge in [-0.2, -0.15) is 0 Å². The molecule has 1 fully saturated rings. The Morgan fingerprint density at radius 1 is 1.50 bits per heavy atom. The van der Waals surface area contributed by atoms with Crippen LogP contribution in [0.4, 0.5) is 0 Å². The van der Waals surface area contributed by atoms with Crippen molar-refractivity contribution >= 4 is 17.7 Å². The normalized spacial score (nSPS) is 20.4. The minimum atomic E-state index is 0.264. The SMILES string of the molecule is CCCC1SCC(=O)N1Cc1ccncc1. The van der Waals surface area contributed by atoms with Gasteiger partial charge in [-0.3, -0.25) is 9.78 Å². The Hall–Kier alpha value is -1.03. The molecule has 0 spiro atoms. The first kappa shape index (κ1) is 11.5. The number of hydrogen-bond donors (Lipinski definition) is 0. The Kier molecular flexibility index (Phi) is 3.83. The summed E-state index contributed by atoms with van der Waals surface area (Å²) in [6.45, 7) is 2.88. The highest BCUT2D eigenvalue weighted by Gasteiger charge is 2.30. The summed E-state index contributed by atoms with van der Waals surface area (Å²) >= 11 is 1.76. The van der Waals surface area contributed by atoms with E-state index in [0.29, 0.717) is 11.1 Å². The van der Waals surface area contributed by atoms with Crippen LogP contribution < -0.4 is 0 Å². The van der Waals surface area contributed by atoms with Crippen molar-refractivity contribution in [2.45, 2.75) is 31.7 Å². The van der Waals surface area contributed by atoms with Gasteiger partial charge in [0.1, 0.15) is 0 Å². The smallest absolute Gasteiger partial charge is 0.233 e. The van der Waals surface area contributed by atoms with E-state index in [2.05, 4.69) is 11.9 Å². The monoisotopic (exact) mass is 236 g/mol. The van der Waals surface area contributed by atoms with E-state index < -0.39 is 0 Å². The Morgan fingerprint density at radius 3 is 2.94 bits per heavy atom. The van der Waals surface area contributed by atoms with Gasteiger partial charge in [0.2, 0.25) is 5.91 Å². The summed E-state index contributed by atoms with van der Waals surface area (Å²) in [6.07, 6.45) is 5.76. The Morgan fingerprint density at radius 2 is 2.25 bits per heavy atom. The molecule has 86 valence electrons. The van der Waals surface area contributed by atoms with Gasteiger partial charge in [0, 0.05) is 18.9 Å². The molecule has 3 nitrogen and oxygen atoms in total. The third-order valence-electron chi connectivity index (χ3n) is 2.71. The van der Waals surface area contributed by atoms with E-state index in [4.69, 9.17) is 0 Å². The highest BCUT2D eigenvalue weighted by Crippen LogP contribution is 2.29. The van der Waals surface area contributed by atoms with Crippen molar-refractivity contribution in [3.63, 3.8) is 0 Å². The molecule has 2 heterocycles. The van der Waals surface area contributed by atoms with Crippen molar-refractivity contribution in [1.82, 2.24) is 9.88 Å². The first-order valence-electron chi connectivity index (χ1n) is 5.61. The van der Waals surface area contributed by atoms with E-state index in [1.165, 1.54) is 0 Å². The van der Waals surface area contributed by atoms with Gasteiger partial charge in [-0.25, -0.2) is 0 Å². The van der Waals surface area contributed by atoms with Crippen molar-refractivity contribution in [3.05, 3.63) is 30.1 Å². The summed E-state index contributed by atoms with van der Waals surface area (Å²) in [6, 6.07) is 3.94. The van der Waals surface area contributed by atoms with Gasteiger partial charge in [-0.1, -0.05) is 13.3 Å². The Bertz CT molecular complexity index is 355. The van der Waals surface area contributed by atoms with Crippen LogP contribution in [-0.2, 0) is 11.3 Å². The summed E-state index contributed by atoms with van der Waals surface area (Å²) in [7, 11) is 0. The lowest BCUT2D eigenvalue weighted by Crippen LogP contribution is -2.32. The number of amides is 1. The van der Waals surface area contributed by atoms with E-state index >= 15 is 0 Å². The van der Waals surface area contributed by atoms with Crippen LogP contribution in [0.25, 0.3) is 0 Å². The molecule has 1 aliphatic heterocycles. The first-order valence-corrected chi connectivity index (χ1v) is 6.66. The molecule has 0 aromatic carbocycles. The number of thioether (sulfide) groups is 1. The van der Waals surface area contributed by atoms with Gasteiger partial charge in [0.25, 0.3) is 0 Å². The van der Waals surface area contributed by atoms with Crippen LogP contribution >= 0.6 is 11.8 Å². The summed E-state index contributed by atoms with van der Waals surface area (Å²) in [5.41, 5.74) is 1.16. The average Bonchev–Trinajstić information content (AvgIpc) is 2.64. The fourth-order valence-electron chi connectivity index (χ4n) is 1.86. The van der Waals surface area contributed by atoms with Gasteiger partial charge >= 0.3 is 0 Å². The molecule has 0 N–H and O–H groups in total. The Balaban J connectivity index is 2.04. The summed E-state index contributed by atoms with van der Waals surface area (Å²) in [5.74, 6) is 0.899. The average molecular weight is 236 g/mol. The number of carbonyl (C=O) groups is 1. The predicted molar refractivity (Wildman–Crippen MR) is 65.9 cm³/mol. The fraction of sp³-hybridized carbons (Fsp3) is 0.500. The largest absolute Gasteiger partial charge is 0.326 e. The second-order valence-electron chi connectivity index (χ2n) is 3.93. The number of pyridine rings is 1. The Labute approximate surface area is 100 Å². The molecular formula is C12H16N2OS. The van der Waals surface area contributed by atoms with Crippen molar-refractivity contribution in [2.75, 3.05) is 5.75 Å². The third-order valence-corrected chi connectivity index (χ3v) is 3.99. The molecule has 1 atom stereocenters. The molecule has 0 bridgehead atoms. The molecule has 1 aromatic heterocycles. The van der Waals surface area contributed by atoms with E-state index in [1.54, 1.807) is 24.2 Å². The molecule has 1 aromatic rings. The molecule has 0 saturated carbocycles. The number of aromatic nitrogens is 1. The van der Waals surface area contributed by atoms with Gasteiger partial charge in [0.15, 0.2) is 0 Å². The van der Waals surface area contributed by atoms with Gasteiger partial charge in [-0.15, -0.1) is 11.8 Å². The third kappa shape index (κ3) is 2.55. The zero-order chi connectivity index (χ0) is 11.4. The summed E-state index contributed by atoms with van der Waals surface area (Å²) in [5, 5.41) is 0.366. The molecule has 1 saturated heterocycles. The maximum absolute atomic E-state index is 11.8. The zero-order valence-electron chi connectivity index (χ0n) is 9.43. The number of nitrogens with zero attached hydrogens (tertiary/aromatic N) is 2. The molecule has 0 radical (unpaired) electrons. The molecule has 1 aliphatic rings. The van der Waals surface area contributed by atoms with Gasteiger partial charge < -0.3 is 4.90 Å². The highest BCUT2D eigenvalue weighted by atomic mass is 32.2. The predicted octanol–water partition coefficient (Wildman–Crippen LogP) is 2.28. The van der Waals surface area contributed by atoms with Gasteiger partial charge in [0.05, 0.1) is 11.1 Å². The van der Waals surface area contributed by atoms with Crippen molar-refractivity contribution in [2.24, 2.45) is 0 Å². The maximum Gasteiger partial charge on any atom is 0.233 e. The lowest BCUT2D eigenvalue weighted by molar-refractivity contribution is -0.128. The second-order valence-corrected chi connectivity index (χ2v) is 5.10. The minimum absolute atomic E-state index is 0.264. The van der Waals surface area contributed by atoms with Crippen LogP contribution in [0.3, 0.4) is 0 Å². The lowest BCUT2D eigenvalue weighted by Gasteiger charge is -2.23. The van der Waals surface area contributed by atoms with Crippen LogP contribution in [0.1, 0.15) is 25.3 Å². The summed E-state index contributed by atoms with van der Waals surface area (Å²) < 4.78 is 0. The molecule has 4 heteroatoms. The highest BCUT2D eigenvalue weighted by molar-refractivity contribution is 8.00. The maximum atomic E-state index is 11.8. The van der Waals surface area contributed by atoms with Crippen molar-refractivity contribution < 1.29 is 4.79 Å². The van der Waals surface area contributed by atoms with Crippen molar-refractivity contribution in [1.29, 1.82) is 0 Å². The molecular weight excluding hydrogens is 220 g/mol. The van der Waals surface area contributed by atoms with E-state index in [0.717, 1.165) is 24.9 Å².